The van der Waals surface area contributed by atoms with Gasteiger partial charge in [0.1, 0.15) is 5.72 Å². The largest absolute Gasteiger partial charge is 0.354 e. The van der Waals surface area contributed by atoms with Crippen LogP contribution in [0.1, 0.15) is 41.5 Å². The summed E-state index contributed by atoms with van der Waals surface area (Å²) in [5, 5.41) is 0. The fourth-order valence-electron chi connectivity index (χ4n) is 2.03. The summed E-state index contributed by atoms with van der Waals surface area (Å²) in [6.07, 6.45) is 1.86. The molecule has 0 unspecified atom stereocenters. The molecule has 0 spiro atoms. The molecule has 0 bridgehead atoms. The van der Waals surface area contributed by atoms with Crippen molar-refractivity contribution in [2.24, 2.45) is 5.92 Å². The molecule has 1 atom stereocenters. The number of hydrogen-bond donors (Lipinski definition) is 0. The fourth-order valence-corrected chi connectivity index (χ4v) is 2.03. The molecule has 0 aromatic rings. The maximum atomic E-state index is 12.3. The van der Waals surface area contributed by atoms with E-state index in [0.717, 1.165) is 5.57 Å². The standard InChI is InChI=1S/C13H23NO2/c1-7-10(4)12(15)14-11(9(2)3)8-16-13(14,5)6/h7,9,11H,8H2,1-6H3/b10-7+/t11-/m1/s1. The van der Waals surface area contributed by atoms with Gasteiger partial charge in [0.05, 0.1) is 12.6 Å². The van der Waals surface area contributed by atoms with Crippen molar-refractivity contribution in [3.8, 4) is 0 Å². The molecule has 0 aromatic carbocycles. The van der Waals surface area contributed by atoms with Crippen molar-refractivity contribution in [3.63, 3.8) is 0 Å². The molecule has 0 saturated carbocycles. The van der Waals surface area contributed by atoms with Gasteiger partial charge in [0.25, 0.3) is 5.91 Å². The summed E-state index contributed by atoms with van der Waals surface area (Å²) in [6, 6.07) is 0.178. The van der Waals surface area contributed by atoms with Gasteiger partial charge in [-0.3, -0.25) is 4.79 Å². The molecule has 1 heterocycles. The van der Waals surface area contributed by atoms with Gasteiger partial charge in [0.15, 0.2) is 0 Å². The molecule has 1 saturated heterocycles. The molecule has 16 heavy (non-hydrogen) atoms. The Labute approximate surface area is 98.5 Å². The van der Waals surface area contributed by atoms with Crippen LogP contribution in [0.25, 0.3) is 0 Å². The number of rotatable bonds is 2. The predicted molar refractivity (Wildman–Crippen MR) is 64.9 cm³/mol. The zero-order chi connectivity index (χ0) is 12.5. The summed E-state index contributed by atoms with van der Waals surface area (Å²) in [6.45, 7) is 12.5. The van der Waals surface area contributed by atoms with Gasteiger partial charge in [-0.05, 0) is 33.6 Å². The van der Waals surface area contributed by atoms with Gasteiger partial charge in [0.2, 0.25) is 0 Å². The van der Waals surface area contributed by atoms with Crippen molar-refractivity contribution in [2.75, 3.05) is 6.61 Å². The zero-order valence-corrected chi connectivity index (χ0v) is 11.2. The minimum atomic E-state index is -0.490. The van der Waals surface area contributed by atoms with Crippen molar-refractivity contribution in [1.82, 2.24) is 4.90 Å². The summed E-state index contributed by atoms with van der Waals surface area (Å²) in [5.74, 6) is 0.499. The molecule has 92 valence electrons. The third-order valence-electron chi connectivity index (χ3n) is 3.28. The van der Waals surface area contributed by atoms with E-state index >= 15 is 0 Å². The molecule has 1 rings (SSSR count). The summed E-state index contributed by atoms with van der Waals surface area (Å²) < 4.78 is 5.72. The Bertz CT molecular complexity index is 305. The molecule has 1 aliphatic rings. The maximum absolute atomic E-state index is 12.3. The van der Waals surface area contributed by atoms with E-state index < -0.39 is 5.72 Å². The van der Waals surface area contributed by atoms with Crippen molar-refractivity contribution in [1.29, 1.82) is 0 Å². The van der Waals surface area contributed by atoms with Gasteiger partial charge in [-0.2, -0.15) is 0 Å². The molecular weight excluding hydrogens is 202 g/mol. The molecule has 1 aliphatic heterocycles. The Morgan fingerprint density at radius 1 is 1.50 bits per heavy atom. The van der Waals surface area contributed by atoms with Crippen molar-refractivity contribution in [3.05, 3.63) is 11.6 Å². The first-order valence-electron chi connectivity index (χ1n) is 5.91. The van der Waals surface area contributed by atoms with Crippen molar-refractivity contribution in [2.45, 2.75) is 53.3 Å². The fraction of sp³-hybridized carbons (Fsp3) is 0.769. The van der Waals surface area contributed by atoms with Crippen molar-refractivity contribution < 1.29 is 9.53 Å². The van der Waals surface area contributed by atoms with Crippen LogP contribution in [-0.4, -0.2) is 29.2 Å². The van der Waals surface area contributed by atoms with Gasteiger partial charge in [0, 0.05) is 5.57 Å². The number of nitrogens with zero attached hydrogens (tertiary/aromatic N) is 1. The second-order valence-corrected chi connectivity index (χ2v) is 5.22. The smallest absolute Gasteiger partial charge is 0.251 e. The minimum absolute atomic E-state index is 0.0868. The van der Waals surface area contributed by atoms with E-state index in [1.807, 2.05) is 38.7 Å². The highest BCUT2D eigenvalue weighted by Crippen LogP contribution is 2.32. The molecular formula is C13H23NO2. The third kappa shape index (κ3) is 2.29. The summed E-state index contributed by atoms with van der Waals surface area (Å²) >= 11 is 0. The highest BCUT2D eigenvalue weighted by Gasteiger charge is 2.44. The SMILES string of the molecule is C/C=C(\C)C(=O)N1[C@@H](C(C)C)COC1(C)C. The van der Waals surface area contributed by atoms with Gasteiger partial charge in [-0.1, -0.05) is 19.9 Å². The number of carbonyl (C=O) groups excluding carboxylic acids is 1. The van der Waals surface area contributed by atoms with Crippen LogP contribution in [0.4, 0.5) is 0 Å². The van der Waals surface area contributed by atoms with Crippen molar-refractivity contribution >= 4 is 5.91 Å². The van der Waals surface area contributed by atoms with Crippen LogP contribution in [0.3, 0.4) is 0 Å². The third-order valence-corrected chi connectivity index (χ3v) is 3.28. The number of hydrogen-bond acceptors (Lipinski definition) is 2. The average Bonchev–Trinajstić information content (AvgIpc) is 2.51. The Balaban J connectivity index is 3.00. The lowest BCUT2D eigenvalue weighted by molar-refractivity contribution is -0.142. The number of ether oxygens (including phenoxy) is 1. The molecule has 0 aliphatic carbocycles. The molecule has 1 amide bonds. The lowest BCUT2D eigenvalue weighted by Gasteiger charge is -2.35. The lowest BCUT2D eigenvalue weighted by atomic mass is 10.0. The summed E-state index contributed by atoms with van der Waals surface area (Å²) in [5.41, 5.74) is 0.292. The van der Waals surface area contributed by atoms with Crippen LogP contribution >= 0.6 is 0 Å². The second-order valence-electron chi connectivity index (χ2n) is 5.22. The molecule has 1 fully saturated rings. The Hall–Kier alpha value is -0.830. The molecule has 0 radical (unpaired) electrons. The van der Waals surface area contributed by atoms with E-state index in [0.29, 0.717) is 12.5 Å². The first-order valence-corrected chi connectivity index (χ1v) is 5.91. The monoisotopic (exact) mass is 225 g/mol. The number of carbonyl (C=O) groups is 1. The summed E-state index contributed by atoms with van der Waals surface area (Å²) in [7, 11) is 0. The quantitative estimate of drug-likeness (QED) is 0.676. The molecule has 0 N–H and O–H groups in total. The van der Waals surface area contributed by atoms with E-state index in [2.05, 4.69) is 13.8 Å². The lowest BCUT2D eigenvalue weighted by Crippen LogP contribution is -2.49. The average molecular weight is 225 g/mol. The molecule has 0 aromatic heterocycles. The van der Waals surface area contributed by atoms with Gasteiger partial charge >= 0.3 is 0 Å². The normalized spacial score (nSPS) is 25.3. The number of amides is 1. The highest BCUT2D eigenvalue weighted by molar-refractivity contribution is 5.93. The van der Waals surface area contributed by atoms with Crippen LogP contribution in [0.2, 0.25) is 0 Å². The van der Waals surface area contributed by atoms with E-state index in [1.165, 1.54) is 0 Å². The number of allylic oxidation sites excluding steroid dienone is 1. The topological polar surface area (TPSA) is 29.5 Å². The highest BCUT2D eigenvalue weighted by atomic mass is 16.5. The van der Waals surface area contributed by atoms with Gasteiger partial charge in [-0.25, -0.2) is 0 Å². The molecule has 3 heteroatoms. The predicted octanol–water partition coefficient (Wildman–Crippen LogP) is 2.57. The van der Waals surface area contributed by atoms with E-state index in [1.54, 1.807) is 0 Å². The summed E-state index contributed by atoms with van der Waals surface area (Å²) in [4.78, 5) is 14.2. The van der Waals surface area contributed by atoms with E-state index in [9.17, 15) is 4.79 Å². The van der Waals surface area contributed by atoms with Crippen LogP contribution in [0.15, 0.2) is 11.6 Å². The maximum Gasteiger partial charge on any atom is 0.251 e. The van der Waals surface area contributed by atoms with Gasteiger partial charge in [-0.15, -0.1) is 0 Å². The van der Waals surface area contributed by atoms with E-state index in [4.69, 9.17) is 4.74 Å². The zero-order valence-electron chi connectivity index (χ0n) is 11.2. The van der Waals surface area contributed by atoms with Gasteiger partial charge < -0.3 is 9.64 Å². The minimum Gasteiger partial charge on any atom is -0.354 e. The van der Waals surface area contributed by atoms with Crippen LogP contribution in [0, 0.1) is 5.92 Å². The van der Waals surface area contributed by atoms with Crippen LogP contribution in [0.5, 0.6) is 0 Å². The Morgan fingerprint density at radius 2 is 2.06 bits per heavy atom. The van der Waals surface area contributed by atoms with Crippen LogP contribution in [-0.2, 0) is 9.53 Å². The molecule has 3 nitrogen and oxygen atoms in total. The van der Waals surface area contributed by atoms with E-state index in [-0.39, 0.29) is 11.9 Å². The Morgan fingerprint density at radius 3 is 2.50 bits per heavy atom. The second kappa shape index (κ2) is 4.58. The Kier molecular flexibility index (Phi) is 3.79. The first-order chi connectivity index (χ1) is 7.31. The van der Waals surface area contributed by atoms with Crippen LogP contribution < -0.4 is 0 Å². The first kappa shape index (κ1) is 13.2.